The molecule has 0 atom stereocenters. The molecule has 4 heteroatoms. The molecule has 174 valence electrons. The molecule has 0 spiro atoms. The van der Waals surface area contributed by atoms with Crippen molar-refractivity contribution in [1.29, 1.82) is 0 Å². The summed E-state index contributed by atoms with van der Waals surface area (Å²) < 4.78 is 6.65. The van der Waals surface area contributed by atoms with Gasteiger partial charge in [0.1, 0.15) is 0 Å². The molecule has 0 aliphatic heterocycles. The Bertz CT molecular complexity index is 2100. The molecule has 0 saturated heterocycles. The van der Waals surface area contributed by atoms with Gasteiger partial charge in [-0.25, -0.2) is 4.68 Å². The van der Waals surface area contributed by atoms with Gasteiger partial charge in [-0.3, -0.25) is 0 Å². The molecule has 0 amide bonds. The lowest BCUT2D eigenvalue weighted by atomic mass is 10.1. The van der Waals surface area contributed by atoms with E-state index in [-0.39, 0.29) is 0 Å². The highest BCUT2D eigenvalue weighted by atomic mass is 15.3. The van der Waals surface area contributed by atoms with Crippen molar-refractivity contribution in [2.45, 2.75) is 0 Å². The number of rotatable bonds is 3. The fourth-order valence-corrected chi connectivity index (χ4v) is 5.64. The van der Waals surface area contributed by atoms with Crippen molar-refractivity contribution in [1.82, 2.24) is 18.9 Å². The second kappa shape index (κ2) is 7.70. The third kappa shape index (κ3) is 2.99. The smallest absolute Gasteiger partial charge is 0.0741 e. The Labute approximate surface area is 213 Å². The van der Waals surface area contributed by atoms with Crippen LogP contribution in [0.15, 0.2) is 134 Å². The number of fused-ring (bicyclic) bond motifs is 5. The number of hydrogen-bond donors (Lipinski definition) is 0. The number of hydrogen-bond acceptors (Lipinski definition) is 1. The summed E-state index contributed by atoms with van der Waals surface area (Å²) in [6.07, 6.45) is 4.08. The molecule has 0 aliphatic carbocycles. The largest absolute Gasteiger partial charge is 0.316 e. The van der Waals surface area contributed by atoms with Crippen LogP contribution in [0.1, 0.15) is 0 Å². The number of aromatic nitrogens is 4. The third-order valence-corrected chi connectivity index (χ3v) is 7.34. The second-order valence-corrected chi connectivity index (χ2v) is 9.43. The van der Waals surface area contributed by atoms with Crippen LogP contribution in [0.2, 0.25) is 0 Å². The van der Waals surface area contributed by atoms with Gasteiger partial charge < -0.3 is 9.13 Å². The average Bonchev–Trinajstić information content (AvgIpc) is 3.66. The fraction of sp³-hybridized carbons (Fsp3) is 0. The van der Waals surface area contributed by atoms with Crippen LogP contribution in [0.5, 0.6) is 0 Å². The van der Waals surface area contributed by atoms with Gasteiger partial charge in [0.15, 0.2) is 0 Å². The van der Waals surface area contributed by atoms with Gasteiger partial charge in [-0.2, -0.15) is 5.10 Å². The van der Waals surface area contributed by atoms with Crippen LogP contribution in [0, 0.1) is 0 Å². The molecule has 8 rings (SSSR count). The zero-order valence-corrected chi connectivity index (χ0v) is 20.0. The van der Waals surface area contributed by atoms with Gasteiger partial charge >= 0.3 is 0 Å². The normalized spacial score (nSPS) is 11.8. The van der Waals surface area contributed by atoms with E-state index in [0.717, 1.165) is 33.5 Å². The lowest BCUT2D eigenvalue weighted by molar-refractivity contribution is 0.911. The Balaban J connectivity index is 1.38. The molecule has 0 fully saturated rings. The third-order valence-electron chi connectivity index (χ3n) is 7.34. The summed E-state index contributed by atoms with van der Waals surface area (Å²) in [4.78, 5) is 0. The monoisotopic (exact) mass is 474 g/mol. The van der Waals surface area contributed by atoms with E-state index >= 15 is 0 Å². The first-order valence-electron chi connectivity index (χ1n) is 12.5. The summed E-state index contributed by atoms with van der Waals surface area (Å²) in [6.45, 7) is 0. The van der Waals surface area contributed by atoms with E-state index in [0.29, 0.717) is 0 Å². The van der Waals surface area contributed by atoms with E-state index in [1.807, 2.05) is 10.9 Å². The summed E-state index contributed by atoms with van der Waals surface area (Å²) in [6, 6.07) is 43.1. The van der Waals surface area contributed by atoms with Crippen LogP contribution in [0.25, 0.3) is 60.7 Å². The van der Waals surface area contributed by atoms with E-state index in [2.05, 4.69) is 137 Å². The summed E-state index contributed by atoms with van der Waals surface area (Å²) in [5, 5.41) is 9.55. The highest BCUT2D eigenvalue weighted by Crippen LogP contribution is 2.34. The van der Waals surface area contributed by atoms with E-state index < -0.39 is 0 Å². The maximum Gasteiger partial charge on any atom is 0.0741 e. The number of nitrogens with zero attached hydrogens (tertiary/aromatic N) is 4. The Morgan fingerprint density at radius 2 is 1.19 bits per heavy atom. The van der Waals surface area contributed by atoms with Crippen molar-refractivity contribution in [2.75, 3.05) is 0 Å². The zero-order valence-electron chi connectivity index (χ0n) is 20.0. The molecule has 8 aromatic rings. The molecular formula is C33H22N4. The van der Waals surface area contributed by atoms with Crippen LogP contribution in [-0.4, -0.2) is 18.9 Å². The molecule has 0 unspecified atom stereocenters. The molecule has 0 radical (unpaired) electrons. The lowest BCUT2D eigenvalue weighted by Gasteiger charge is -2.12. The number of para-hydroxylation sites is 3. The van der Waals surface area contributed by atoms with Crippen LogP contribution >= 0.6 is 0 Å². The summed E-state index contributed by atoms with van der Waals surface area (Å²) in [5.74, 6) is 0. The van der Waals surface area contributed by atoms with Gasteiger partial charge in [-0.1, -0.05) is 66.7 Å². The minimum atomic E-state index is 1.05. The van der Waals surface area contributed by atoms with Crippen LogP contribution in [0.4, 0.5) is 0 Å². The molecule has 5 aromatic carbocycles. The van der Waals surface area contributed by atoms with Crippen molar-refractivity contribution in [3.8, 4) is 17.1 Å². The Morgan fingerprint density at radius 1 is 0.459 bits per heavy atom. The van der Waals surface area contributed by atoms with E-state index in [4.69, 9.17) is 5.10 Å². The molecule has 37 heavy (non-hydrogen) atoms. The maximum atomic E-state index is 4.71. The van der Waals surface area contributed by atoms with Crippen LogP contribution < -0.4 is 0 Å². The summed E-state index contributed by atoms with van der Waals surface area (Å²) >= 11 is 0. The molecule has 3 aromatic heterocycles. The SMILES string of the molecule is c1cc(-n2ccc3ccccc32)cc(-n2c3ccccc3c3ccc(-n4ncc5ccccc54)cc32)c1. The highest BCUT2D eigenvalue weighted by molar-refractivity contribution is 6.09. The first-order valence-corrected chi connectivity index (χ1v) is 12.5. The van der Waals surface area contributed by atoms with E-state index in [1.165, 1.54) is 27.2 Å². The van der Waals surface area contributed by atoms with Gasteiger partial charge in [0.05, 0.1) is 34.0 Å². The van der Waals surface area contributed by atoms with Gasteiger partial charge in [-0.15, -0.1) is 0 Å². The minimum Gasteiger partial charge on any atom is -0.316 e. The summed E-state index contributed by atoms with van der Waals surface area (Å²) in [7, 11) is 0. The second-order valence-electron chi connectivity index (χ2n) is 9.43. The predicted octanol–water partition coefficient (Wildman–Crippen LogP) is 8.07. The quantitative estimate of drug-likeness (QED) is 0.254. The van der Waals surface area contributed by atoms with E-state index in [9.17, 15) is 0 Å². The minimum absolute atomic E-state index is 1.05. The summed E-state index contributed by atoms with van der Waals surface area (Å²) in [5.41, 5.74) is 7.97. The fourth-order valence-electron chi connectivity index (χ4n) is 5.64. The van der Waals surface area contributed by atoms with Crippen LogP contribution in [-0.2, 0) is 0 Å². The van der Waals surface area contributed by atoms with Crippen molar-refractivity contribution in [3.05, 3.63) is 134 Å². The lowest BCUT2D eigenvalue weighted by Crippen LogP contribution is -1.99. The molecule has 0 bridgehead atoms. The first-order chi connectivity index (χ1) is 18.3. The predicted molar refractivity (Wildman–Crippen MR) is 152 cm³/mol. The standard InChI is InChI=1S/C33H22N4/c1-4-13-30-23(8-1)18-19-35(30)25-10-7-11-26(20-25)36-32-15-6-3-12-28(32)29-17-16-27(21-33(29)36)37-31-14-5-2-9-24(31)22-34-37/h1-22H. The van der Waals surface area contributed by atoms with Crippen molar-refractivity contribution in [2.24, 2.45) is 0 Å². The molecule has 0 saturated carbocycles. The van der Waals surface area contributed by atoms with E-state index in [1.54, 1.807) is 0 Å². The highest BCUT2D eigenvalue weighted by Gasteiger charge is 2.15. The van der Waals surface area contributed by atoms with Crippen LogP contribution in [0.3, 0.4) is 0 Å². The van der Waals surface area contributed by atoms with Crippen molar-refractivity contribution < 1.29 is 0 Å². The topological polar surface area (TPSA) is 27.7 Å². The van der Waals surface area contributed by atoms with Gasteiger partial charge in [0.2, 0.25) is 0 Å². The Hall–Kier alpha value is -5.09. The zero-order chi connectivity index (χ0) is 24.3. The molecule has 0 aliphatic rings. The molecular weight excluding hydrogens is 452 g/mol. The van der Waals surface area contributed by atoms with Crippen molar-refractivity contribution in [3.63, 3.8) is 0 Å². The average molecular weight is 475 g/mol. The van der Waals surface area contributed by atoms with Gasteiger partial charge in [0.25, 0.3) is 0 Å². The van der Waals surface area contributed by atoms with Gasteiger partial charge in [0, 0.05) is 33.7 Å². The van der Waals surface area contributed by atoms with Gasteiger partial charge in [-0.05, 0) is 60.0 Å². The molecule has 0 N–H and O–H groups in total. The Kier molecular flexibility index (Phi) is 4.19. The first kappa shape index (κ1) is 20.1. The maximum absolute atomic E-state index is 4.71. The Morgan fingerprint density at radius 3 is 2.11 bits per heavy atom. The van der Waals surface area contributed by atoms with Crippen molar-refractivity contribution >= 4 is 43.6 Å². The molecule has 4 nitrogen and oxygen atoms in total. The molecule has 3 heterocycles. The number of benzene rings is 5.